The van der Waals surface area contributed by atoms with Crippen LogP contribution in [0.25, 0.3) is 0 Å². The first-order valence-electron chi connectivity index (χ1n) is 4.36. The van der Waals surface area contributed by atoms with Crippen molar-refractivity contribution >= 4 is 7.85 Å². The molecule has 1 atom stereocenters. The van der Waals surface area contributed by atoms with Gasteiger partial charge in [-0.05, 0) is 18.2 Å². The second-order valence-corrected chi connectivity index (χ2v) is 3.68. The van der Waals surface area contributed by atoms with Crippen LogP contribution >= 0.6 is 0 Å². The molecule has 0 aromatic carbocycles. The second kappa shape index (κ2) is 5.23. The molecule has 0 aromatic rings. The van der Waals surface area contributed by atoms with Crippen molar-refractivity contribution in [3.63, 3.8) is 0 Å². The summed E-state index contributed by atoms with van der Waals surface area (Å²) < 4.78 is 0. The summed E-state index contributed by atoms with van der Waals surface area (Å²) in [4.78, 5) is 0. The van der Waals surface area contributed by atoms with Crippen molar-refractivity contribution in [3.8, 4) is 0 Å². The molecule has 0 heterocycles. The van der Waals surface area contributed by atoms with Gasteiger partial charge in [-0.3, -0.25) is 0 Å². The topological polar surface area (TPSA) is 0 Å². The molecule has 62 valence electrons. The number of hydrogen-bond acceptors (Lipinski definition) is 0. The molecule has 0 spiro atoms. The van der Waals surface area contributed by atoms with Crippen molar-refractivity contribution in [1.29, 1.82) is 0 Å². The Morgan fingerprint density at radius 2 is 2.09 bits per heavy atom. The van der Waals surface area contributed by atoms with E-state index in [1.54, 1.807) is 0 Å². The van der Waals surface area contributed by atoms with Gasteiger partial charge in [-0.25, -0.2) is 0 Å². The van der Waals surface area contributed by atoms with Gasteiger partial charge >= 0.3 is 0 Å². The van der Waals surface area contributed by atoms with E-state index in [-0.39, 0.29) is 0 Å². The highest BCUT2D eigenvalue weighted by Crippen LogP contribution is 2.23. The molecule has 1 heteroatoms. The SMILES string of the molecule is BC(CC(C)C)C(=C)CC=C. The van der Waals surface area contributed by atoms with Gasteiger partial charge in [0.15, 0.2) is 0 Å². The third-order valence-electron chi connectivity index (χ3n) is 1.93. The molecule has 11 heavy (non-hydrogen) atoms. The number of rotatable bonds is 5. The molecular weight excluding hydrogens is 131 g/mol. The lowest BCUT2D eigenvalue weighted by Crippen LogP contribution is -2.00. The Morgan fingerprint density at radius 3 is 2.45 bits per heavy atom. The molecule has 0 N–H and O–H groups in total. The zero-order chi connectivity index (χ0) is 8.85. The lowest BCUT2D eigenvalue weighted by atomic mass is 9.75. The third kappa shape index (κ3) is 4.89. The monoisotopic (exact) mass is 150 g/mol. The zero-order valence-electron chi connectivity index (χ0n) is 8.06. The predicted molar refractivity (Wildman–Crippen MR) is 55.7 cm³/mol. The number of hydrogen-bond donors (Lipinski definition) is 0. The Morgan fingerprint density at radius 1 is 1.55 bits per heavy atom. The van der Waals surface area contributed by atoms with Crippen LogP contribution in [-0.4, -0.2) is 7.85 Å². The molecular formula is C10H19B. The van der Waals surface area contributed by atoms with Crippen LogP contribution in [0.1, 0.15) is 26.7 Å². The molecule has 0 aromatic heterocycles. The summed E-state index contributed by atoms with van der Waals surface area (Å²) in [6.45, 7) is 12.2. The van der Waals surface area contributed by atoms with Crippen molar-refractivity contribution in [2.24, 2.45) is 5.92 Å². The lowest BCUT2D eigenvalue weighted by molar-refractivity contribution is 0.582. The average Bonchev–Trinajstić information content (AvgIpc) is 1.86. The Hall–Kier alpha value is -0.455. The summed E-state index contributed by atoms with van der Waals surface area (Å²) in [7, 11) is 2.24. The van der Waals surface area contributed by atoms with Crippen molar-refractivity contribution < 1.29 is 0 Å². The highest BCUT2D eigenvalue weighted by molar-refractivity contribution is 6.13. The summed E-state index contributed by atoms with van der Waals surface area (Å²) in [5.74, 6) is 1.42. The average molecular weight is 150 g/mol. The molecule has 0 saturated carbocycles. The van der Waals surface area contributed by atoms with Gasteiger partial charge in [0.05, 0.1) is 0 Å². The van der Waals surface area contributed by atoms with Gasteiger partial charge in [0, 0.05) is 0 Å². The van der Waals surface area contributed by atoms with Gasteiger partial charge in [-0.2, -0.15) is 0 Å². The van der Waals surface area contributed by atoms with Crippen molar-refractivity contribution in [3.05, 3.63) is 24.8 Å². The van der Waals surface area contributed by atoms with Gasteiger partial charge in [-0.15, -0.1) is 6.58 Å². The molecule has 0 fully saturated rings. The first-order chi connectivity index (χ1) is 5.07. The summed E-state index contributed by atoms with van der Waals surface area (Å²) in [5.41, 5.74) is 1.31. The molecule has 0 bridgehead atoms. The van der Waals surface area contributed by atoms with Gasteiger partial charge in [0.1, 0.15) is 7.85 Å². The summed E-state index contributed by atoms with van der Waals surface area (Å²) in [5, 5.41) is 0. The largest absolute Gasteiger partial charge is 0.110 e. The van der Waals surface area contributed by atoms with E-state index >= 15 is 0 Å². The molecule has 0 amide bonds. The maximum atomic E-state index is 4.03. The van der Waals surface area contributed by atoms with E-state index in [9.17, 15) is 0 Å². The minimum Gasteiger partial charge on any atom is -0.103 e. The summed E-state index contributed by atoms with van der Waals surface area (Å²) >= 11 is 0. The van der Waals surface area contributed by atoms with E-state index in [4.69, 9.17) is 0 Å². The molecule has 0 nitrogen and oxygen atoms in total. The maximum Gasteiger partial charge on any atom is 0.110 e. The first-order valence-corrected chi connectivity index (χ1v) is 4.36. The normalized spacial score (nSPS) is 13.0. The first kappa shape index (κ1) is 10.5. The molecule has 0 aliphatic heterocycles. The van der Waals surface area contributed by atoms with Crippen LogP contribution in [0.5, 0.6) is 0 Å². The highest BCUT2D eigenvalue weighted by atomic mass is 14.1. The van der Waals surface area contributed by atoms with Gasteiger partial charge in [0.2, 0.25) is 0 Å². The third-order valence-corrected chi connectivity index (χ3v) is 1.93. The fourth-order valence-electron chi connectivity index (χ4n) is 1.26. The molecule has 1 unspecified atom stereocenters. The van der Waals surface area contributed by atoms with E-state index in [1.165, 1.54) is 12.0 Å². The standard InChI is InChI=1S/C10H19B/c1-5-6-9(4)10(11)7-8(2)3/h5,8,10H,1,4,6-7,11H2,2-3H3. The van der Waals surface area contributed by atoms with Gasteiger partial charge in [0.25, 0.3) is 0 Å². The van der Waals surface area contributed by atoms with Crippen molar-refractivity contribution in [2.75, 3.05) is 0 Å². The van der Waals surface area contributed by atoms with Crippen LogP contribution in [0.15, 0.2) is 24.8 Å². The predicted octanol–water partition coefficient (Wildman–Crippen LogP) is 2.59. The van der Waals surface area contributed by atoms with E-state index in [0.29, 0.717) is 5.82 Å². The lowest BCUT2D eigenvalue weighted by Gasteiger charge is -2.15. The number of allylic oxidation sites excluding steroid dienone is 2. The maximum absolute atomic E-state index is 4.03. The molecule has 0 aliphatic carbocycles. The Bertz CT molecular complexity index is 136. The molecule has 0 saturated heterocycles. The highest BCUT2D eigenvalue weighted by Gasteiger charge is 2.06. The van der Waals surface area contributed by atoms with Crippen LogP contribution in [0.2, 0.25) is 5.82 Å². The van der Waals surface area contributed by atoms with Crippen LogP contribution in [0.3, 0.4) is 0 Å². The minimum absolute atomic E-state index is 0.646. The van der Waals surface area contributed by atoms with Crippen molar-refractivity contribution in [1.82, 2.24) is 0 Å². The van der Waals surface area contributed by atoms with Crippen LogP contribution < -0.4 is 0 Å². The summed E-state index contributed by atoms with van der Waals surface area (Å²) in [6, 6.07) is 0. The van der Waals surface area contributed by atoms with Crippen LogP contribution in [0, 0.1) is 5.92 Å². The minimum atomic E-state index is 0.646. The smallest absolute Gasteiger partial charge is 0.103 e. The van der Waals surface area contributed by atoms with Crippen LogP contribution in [-0.2, 0) is 0 Å². The zero-order valence-corrected chi connectivity index (χ0v) is 8.06. The van der Waals surface area contributed by atoms with Crippen molar-refractivity contribution in [2.45, 2.75) is 32.5 Å². The Kier molecular flexibility index (Phi) is 5.01. The molecule has 0 rings (SSSR count). The van der Waals surface area contributed by atoms with Gasteiger partial charge in [-0.1, -0.05) is 38.5 Å². The Labute approximate surface area is 71.8 Å². The van der Waals surface area contributed by atoms with E-state index < -0.39 is 0 Å². The molecule has 0 radical (unpaired) electrons. The second-order valence-electron chi connectivity index (χ2n) is 3.68. The van der Waals surface area contributed by atoms with Crippen LogP contribution in [0.4, 0.5) is 0 Å². The van der Waals surface area contributed by atoms with E-state index in [0.717, 1.165) is 12.3 Å². The fraction of sp³-hybridized carbons (Fsp3) is 0.600. The Balaban J connectivity index is 3.72. The quantitative estimate of drug-likeness (QED) is 0.417. The van der Waals surface area contributed by atoms with Gasteiger partial charge < -0.3 is 0 Å². The van der Waals surface area contributed by atoms with E-state index in [2.05, 4.69) is 34.9 Å². The summed E-state index contributed by atoms with van der Waals surface area (Å²) in [6.07, 6.45) is 4.14. The fourth-order valence-corrected chi connectivity index (χ4v) is 1.26. The van der Waals surface area contributed by atoms with E-state index in [1.807, 2.05) is 6.08 Å². The molecule has 0 aliphatic rings.